The predicted molar refractivity (Wildman–Crippen MR) is 72.4 cm³/mol. The fraction of sp³-hybridized carbons (Fsp3) is 0.133. The molecule has 108 valence electrons. The topological polar surface area (TPSA) is 32.3 Å². The van der Waals surface area contributed by atoms with Crippen LogP contribution in [0.25, 0.3) is 0 Å². The average Bonchev–Trinajstić information content (AvgIpc) is 2.46. The highest BCUT2D eigenvalue weighted by Crippen LogP contribution is 2.32. The van der Waals surface area contributed by atoms with Gasteiger partial charge in [0.15, 0.2) is 11.6 Å². The molecule has 0 saturated carbocycles. The summed E-state index contributed by atoms with van der Waals surface area (Å²) in [5, 5.41) is 2.75. The van der Waals surface area contributed by atoms with Crippen molar-refractivity contribution in [1.29, 1.82) is 0 Å². The molecule has 0 aromatic heterocycles. The molecular weight excluding hydrogens is 281 g/mol. The van der Waals surface area contributed by atoms with Gasteiger partial charge in [-0.1, -0.05) is 12.1 Å². The summed E-state index contributed by atoms with van der Waals surface area (Å²) in [5.74, 6) is -2.64. The second-order valence-electron chi connectivity index (χ2n) is 4.74. The molecule has 0 bridgehead atoms. The first-order valence-corrected chi connectivity index (χ1v) is 6.32. The van der Waals surface area contributed by atoms with E-state index >= 15 is 0 Å². The van der Waals surface area contributed by atoms with Crippen molar-refractivity contribution in [2.45, 2.75) is 6.54 Å². The Balaban J connectivity index is 1.97. The van der Waals surface area contributed by atoms with Gasteiger partial charge in [0.2, 0.25) is 5.91 Å². The van der Waals surface area contributed by atoms with Crippen LogP contribution in [0.2, 0.25) is 0 Å². The first-order chi connectivity index (χ1) is 10.0. The Hall–Kier alpha value is -2.50. The van der Waals surface area contributed by atoms with Crippen LogP contribution in [0.15, 0.2) is 36.4 Å². The van der Waals surface area contributed by atoms with Crippen molar-refractivity contribution < 1.29 is 18.0 Å². The second kappa shape index (κ2) is 5.12. The molecule has 21 heavy (non-hydrogen) atoms. The van der Waals surface area contributed by atoms with Crippen LogP contribution in [0.5, 0.6) is 0 Å². The summed E-state index contributed by atoms with van der Waals surface area (Å²) >= 11 is 0. The number of nitrogens with one attached hydrogen (secondary N) is 1. The largest absolute Gasteiger partial charge is 0.374 e. The van der Waals surface area contributed by atoms with Gasteiger partial charge in [0.25, 0.3) is 0 Å². The Kier molecular flexibility index (Phi) is 3.29. The Labute approximate surface area is 119 Å². The van der Waals surface area contributed by atoms with Crippen LogP contribution >= 0.6 is 0 Å². The van der Waals surface area contributed by atoms with Crippen LogP contribution in [0.4, 0.5) is 24.5 Å². The third kappa shape index (κ3) is 2.56. The van der Waals surface area contributed by atoms with Gasteiger partial charge in [-0.05, 0) is 17.7 Å². The zero-order valence-electron chi connectivity index (χ0n) is 10.9. The molecule has 1 heterocycles. The van der Waals surface area contributed by atoms with E-state index in [0.717, 1.165) is 12.1 Å². The van der Waals surface area contributed by atoms with Gasteiger partial charge in [-0.25, -0.2) is 13.2 Å². The number of nitrogens with zero attached hydrogens (tertiary/aromatic N) is 1. The maximum absolute atomic E-state index is 13.4. The van der Waals surface area contributed by atoms with Crippen LogP contribution in [-0.4, -0.2) is 12.5 Å². The average molecular weight is 292 g/mol. The lowest BCUT2D eigenvalue weighted by atomic mass is 10.1. The van der Waals surface area contributed by atoms with Crippen LogP contribution in [-0.2, 0) is 11.3 Å². The molecule has 0 atom stereocenters. The van der Waals surface area contributed by atoms with E-state index in [1.165, 1.54) is 17.0 Å². The van der Waals surface area contributed by atoms with Crippen molar-refractivity contribution in [3.8, 4) is 0 Å². The highest BCUT2D eigenvalue weighted by molar-refractivity contribution is 6.02. The van der Waals surface area contributed by atoms with Crippen molar-refractivity contribution >= 4 is 17.3 Å². The number of hydrogen-bond acceptors (Lipinski definition) is 2. The number of carbonyl (C=O) groups excluding carboxylic acids is 1. The Morgan fingerprint density at radius 2 is 1.71 bits per heavy atom. The van der Waals surface area contributed by atoms with E-state index in [4.69, 9.17) is 0 Å². The van der Waals surface area contributed by atoms with Crippen LogP contribution < -0.4 is 10.2 Å². The summed E-state index contributed by atoms with van der Waals surface area (Å²) in [6, 6.07) is 7.67. The first-order valence-electron chi connectivity index (χ1n) is 6.32. The van der Waals surface area contributed by atoms with Crippen LogP contribution in [0.3, 0.4) is 0 Å². The minimum Gasteiger partial charge on any atom is -0.374 e. The third-order valence-electron chi connectivity index (χ3n) is 3.31. The molecule has 1 aliphatic rings. The molecule has 3 rings (SSSR count). The van der Waals surface area contributed by atoms with E-state index in [-0.39, 0.29) is 30.5 Å². The zero-order valence-corrected chi connectivity index (χ0v) is 10.9. The highest BCUT2D eigenvalue weighted by Gasteiger charge is 2.25. The normalized spacial score (nSPS) is 13.9. The fourth-order valence-electron chi connectivity index (χ4n) is 2.25. The lowest BCUT2D eigenvalue weighted by Crippen LogP contribution is -2.39. The summed E-state index contributed by atoms with van der Waals surface area (Å²) in [6.07, 6.45) is 0. The van der Waals surface area contributed by atoms with Gasteiger partial charge < -0.3 is 10.2 Å². The summed E-state index contributed by atoms with van der Waals surface area (Å²) in [5.41, 5.74) is 1.33. The van der Waals surface area contributed by atoms with Gasteiger partial charge in [0.05, 0.1) is 24.5 Å². The third-order valence-corrected chi connectivity index (χ3v) is 3.31. The van der Waals surface area contributed by atoms with E-state index in [9.17, 15) is 18.0 Å². The van der Waals surface area contributed by atoms with Gasteiger partial charge in [-0.3, -0.25) is 4.79 Å². The van der Waals surface area contributed by atoms with Gasteiger partial charge in [0, 0.05) is 12.1 Å². The number of amides is 1. The molecule has 0 saturated heterocycles. The van der Waals surface area contributed by atoms with E-state index in [1.807, 2.05) is 0 Å². The zero-order chi connectivity index (χ0) is 15.0. The summed E-state index contributed by atoms with van der Waals surface area (Å²) < 4.78 is 39.5. The molecule has 0 fully saturated rings. The lowest BCUT2D eigenvalue weighted by Gasteiger charge is -2.30. The molecule has 0 radical (unpaired) electrons. The maximum atomic E-state index is 13.4. The Bertz CT molecular complexity index is 701. The monoisotopic (exact) mass is 292 g/mol. The molecule has 6 heteroatoms. The van der Waals surface area contributed by atoms with Crippen molar-refractivity contribution in [2.24, 2.45) is 0 Å². The number of hydrogen-bond donors (Lipinski definition) is 1. The van der Waals surface area contributed by atoms with E-state index < -0.39 is 11.6 Å². The standard InChI is InChI=1S/C15H11F3N2O/c16-10-3-1-9(2-4-10)8-20-14-6-12(18)11(17)5-13(14)19-7-15(20)21/h1-6,19H,7-8H2. The molecule has 2 aromatic carbocycles. The van der Waals surface area contributed by atoms with E-state index in [1.54, 1.807) is 12.1 Å². The predicted octanol–water partition coefficient (Wildman–Crippen LogP) is 3.06. The smallest absolute Gasteiger partial charge is 0.246 e. The Morgan fingerprint density at radius 3 is 2.43 bits per heavy atom. The summed E-state index contributed by atoms with van der Waals surface area (Å²) in [6.45, 7) is 0.165. The fourth-order valence-corrected chi connectivity index (χ4v) is 2.25. The molecule has 1 amide bonds. The molecule has 2 aromatic rings. The van der Waals surface area contributed by atoms with Crippen LogP contribution in [0.1, 0.15) is 5.56 Å². The highest BCUT2D eigenvalue weighted by atomic mass is 19.2. The minimum absolute atomic E-state index is 0.000727. The van der Waals surface area contributed by atoms with E-state index in [0.29, 0.717) is 11.3 Å². The summed E-state index contributed by atoms with van der Waals surface area (Å²) in [4.78, 5) is 13.3. The molecule has 0 aliphatic carbocycles. The number of carbonyl (C=O) groups is 1. The van der Waals surface area contributed by atoms with Gasteiger partial charge in [-0.15, -0.1) is 0 Å². The molecular formula is C15H11F3N2O. The van der Waals surface area contributed by atoms with Crippen LogP contribution in [0, 0.1) is 17.5 Å². The minimum atomic E-state index is -1.02. The second-order valence-corrected chi connectivity index (χ2v) is 4.74. The first kappa shape index (κ1) is 13.5. The van der Waals surface area contributed by atoms with E-state index in [2.05, 4.69) is 5.32 Å². The molecule has 1 N–H and O–H groups in total. The SMILES string of the molecule is O=C1CNc2cc(F)c(F)cc2N1Cc1ccc(F)cc1. The number of anilines is 2. The maximum Gasteiger partial charge on any atom is 0.246 e. The van der Waals surface area contributed by atoms with Gasteiger partial charge >= 0.3 is 0 Å². The number of benzene rings is 2. The van der Waals surface area contributed by atoms with Crippen molar-refractivity contribution in [1.82, 2.24) is 0 Å². The van der Waals surface area contributed by atoms with Gasteiger partial charge in [-0.2, -0.15) is 0 Å². The Morgan fingerprint density at radius 1 is 1.05 bits per heavy atom. The number of halogens is 3. The number of rotatable bonds is 2. The summed E-state index contributed by atoms with van der Waals surface area (Å²) in [7, 11) is 0. The lowest BCUT2D eigenvalue weighted by molar-refractivity contribution is -0.117. The van der Waals surface area contributed by atoms with Crippen molar-refractivity contribution in [2.75, 3.05) is 16.8 Å². The number of fused-ring (bicyclic) bond motifs is 1. The molecule has 0 unspecified atom stereocenters. The van der Waals surface area contributed by atoms with Crippen molar-refractivity contribution in [3.05, 3.63) is 59.4 Å². The molecule has 3 nitrogen and oxygen atoms in total. The van der Waals surface area contributed by atoms with Crippen molar-refractivity contribution in [3.63, 3.8) is 0 Å². The molecule has 0 spiro atoms. The van der Waals surface area contributed by atoms with Gasteiger partial charge in [0.1, 0.15) is 5.82 Å². The molecule has 1 aliphatic heterocycles. The quantitative estimate of drug-likeness (QED) is 0.922.